The Bertz CT molecular complexity index is 2090. The summed E-state index contributed by atoms with van der Waals surface area (Å²) in [5.74, 6) is 0.776. The molecule has 14 nitrogen and oxygen atoms in total. The number of fused-ring (bicyclic) bond motifs is 2. The van der Waals surface area contributed by atoms with Crippen LogP contribution >= 0.6 is 0 Å². The fraction of sp³-hybridized carbons (Fsp3) is 0.366. The Labute approximate surface area is 322 Å². The van der Waals surface area contributed by atoms with Gasteiger partial charge in [-0.15, -0.1) is 0 Å². The molecule has 0 spiro atoms. The SMILES string of the molecule is CC(C)c1cc(NO)nc(NC(=O)Nc2ccc3ccc(CN(C)CCCNC4CC(C(C)C)NC(NC(=O)Nc5ccc6ccccc6c5)N4)cc3c2)n1. The Morgan fingerprint density at radius 2 is 1.51 bits per heavy atom. The van der Waals surface area contributed by atoms with Crippen molar-refractivity contribution >= 4 is 56.7 Å². The first-order chi connectivity index (χ1) is 26.5. The standard InChI is InChI=1S/C41H53N11O3/c1-25(2)34-22-36(47-38(45-34)49-40(53)43-32-15-13-28-9-6-7-10-30(28)20-32)42-17-8-18-52(5)24-27-11-12-29-14-16-33(21-31(29)19-27)44-41(54)50-39-46-35(26(3)4)23-37(48-39)51-55/h6-7,9-16,19-21,23,25-26,34,36,38,42,45,47,55H,8,17-18,22,24H2,1-5H3,(H2,43,49,53)(H3,44,46,48,50,51,54). The van der Waals surface area contributed by atoms with E-state index in [1.807, 2.05) is 73.9 Å². The van der Waals surface area contributed by atoms with E-state index in [4.69, 9.17) is 0 Å². The number of benzene rings is 4. The molecule has 9 N–H and O–H groups in total. The molecule has 0 bridgehead atoms. The number of rotatable bonds is 14. The second-order valence-corrected chi connectivity index (χ2v) is 14.9. The molecule has 55 heavy (non-hydrogen) atoms. The minimum absolute atomic E-state index is 0.0445. The Hall–Kier alpha value is -5.38. The molecule has 3 atom stereocenters. The van der Waals surface area contributed by atoms with Crippen LogP contribution in [-0.2, 0) is 6.54 Å². The van der Waals surface area contributed by atoms with E-state index >= 15 is 0 Å². The molecule has 1 aliphatic heterocycles. The van der Waals surface area contributed by atoms with Crippen LogP contribution in [0.4, 0.5) is 32.7 Å². The molecule has 5 aromatic rings. The lowest BCUT2D eigenvalue weighted by molar-refractivity contribution is 0.164. The van der Waals surface area contributed by atoms with Crippen LogP contribution in [0.5, 0.6) is 0 Å². The zero-order valence-electron chi connectivity index (χ0n) is 32.1. The Morgan fingerprint density at radius 3 is 2.24 bits per heavy atom. The van der Waals surface area contributed by atoms with Crippen LogP contribution in [0.2, 0.25) is 0 Å². The Morgan fingerprint density at radius 1 is 0.818 bits per heavy atom. The van der Waals surface area contributed by atoms with Crippen molar-refractivity contribution in [2.75, 3.05) is 41.6 Å². The predicted molar refractivity (Wildman–Crippen MR) is 220 cm³/mol. The van der Waals surface area contributed by atoms with Crippen molar-refractivity contribution in [2.24, 2.45) is 5.92 Å². The maximum absolute atomic E-state index is 13.0. The van der Waals surface area contributed by atoms with Crippen LogP contribution in [0, 0.1) is 5.92 Å². The van der Waals surface area contributed by atoms with Crippen molar-refractivity contribution in [1.82, 2.24) is 36.1 Å². The van der Waals surface area contributed by atoms with Crippen molar-refractivity contribution in [3.05, 3.63) is 96.2 Å². The van der Waals surface area contributed by atoms with Crippen molar-refractivity contribution in [3.8, 4) is 0 Å². The highest BCUT2D eigenvalue weighted by Crippen LogP contribution is 2.23. The van der Waals surface area contributed by atoms with Gasteiger partial charge in [-0.1, -0.05) is 76.2 Å². The third-order valence-electron chi connectivity index (χ3n) is 9.73. The van der Waals surface area contributed by atoms with E-state index in [9.17, 15) is 14.8 Å². The quantitative estimate of drug-likeness (QED) is 0.0433. The highest BCUT2D eigenvalue weighted by Gasteiger charge is 2.29. The van der Waals surface area contributed by atoms with Gasteiger partial charge in [-0.05, 0) is 102 Å². The largest absolute Gasteiger partial charge is 0.326 e. The first-order valence-corrected chi connectivity index (χ1v) is 18.9. The molecule has 6 rings (SSSR count). The molecule has 14 heteroatoms. The van der Waals surface area contributed by atoms with Crippen LogP contribution in [0.1, 0.15) is 57.7 Å². The Balaban J connectivity index is 0.962. The summed E-state index contributed by atoms with van der Waals surface area (Å²) in [6.07, 6.45) is 1.51. The number of carbonyl (C=O) groups excluding carboxylic acids is 2. The van der Waals surface area contributed by atoms with Gasteiger partial charge in [0.05, 0.1) is 11.9 Å². The van der Waals surface area contributed by atoms with Crippen LogP contribution < -0.4 is 42.7 Å². The molecule has 4 aromatic carbocycles. The van der Waals surface area contributed by atoms with Crippen molar-refractivity contribution in [3.63, 3.8) is 0 Å². The molecule has 2 heterocycles. The summed E-state index contributed by atoms with van der Waals surface area (Å²) in [7, 11) is 2.12. The summed E-state index contributed by atoms with van der Waals surface area (Å²) in [4.78, 5) is 36.6. The lowest BCUT2D eigenvalue weighted by Gasteiger charge is -2.40. The normalized spacial score (nSPS) is 17.1. The van der Waals surface area contributed by atoms with Gasteiger partial charge in [-0.3, -0.25) is 26.6 Å². The second kappa shape index (κ2) is 18.3. The lowest BCUT2D eigenvalue weighted by Crippen LogP contribution is -2.69. The van der Waals surface area contributed by atoms with Crippen molar-refractivity contribution in [2.45, 2.75) is 71.5 Å². The number of hydrogen-bond acceptors (Lipinski definition) is 10. The van der Waals surface area contributed by atoms with Crippen LogP contribution in [0.25, 0.3) is 21.5 Å². The van der Waals surface area contributed by atoms with E-state index in [0.717, 1.165) is 59.7 Å². The highest BCUT2D eigenvalue weighted by molar-refractivity contribution is 6.00. The average Bonchev–Trinajstić information content (AvgIpc) is 3.16. The molecule has 0 radical (unpaired) electrons. The molecule has 290 valence electrons. The maximum atomic E-state index is 13.0. The molecule has 0 aliphatic carbocycles. The number of nitrogens with zero attached hydrogens (tertiary/aromatic N) is 3. The van der Waals surface area contributed by atoms with Gasteiger partial charge < -0.3 is 26.2 Å². The van der Waals surface area contributed by atoms with Gasteiger partial charge in [0.2, 0.25) is 5.95 Å². The van der Waals surface area contributed by atoms with E-state index in [-0.39, 0.29) is 42.2 Å². The molecule has 0 saturated carbocycles. The number of hydrogen-bond donors (Lipinski definition) is 9. The molecule has 1 aromatic heterocycles. The van der Waals surface area contributed by atoms with Crippen molar-refractivity contribution in [1.29, 1.82) is 0 Å². The molecular formula is C41H53N11O3. The summed E-state index contributed by atoms with van der Waals surface area (Å²) >= 11 is 0. The van der Waals surface area contributed by atoms with Gasteiger partial charge in [0.1, 0.15) is 6.29 Å². The minimum Gasteiger partial charge on any atom is -0.310 e. The molecular weight excluding hydrogens is 695 g/mol. The summed E-state index contributed by atoms with van der Waals surface area (Å²) in [5, 5.41) is 35.9. The smallest absolute Gasteiger partial charge is 0.310 e. The summed E-state index contributed by atoms with van der Waals surface area (Å²) in [6.45, 7) is 10.8. The van der Waals surface area contributed by atoms with Gasteiger partial charge in [0.15, 0.2) is 5.82 Å². The lowest BCUT2D eigenvalue weighted by atomic mass is 9.97. The van der Waals surface area contributed by atoms with Crippen LogP contribution in [0.3, 0.4) is 0 Å². The fourth-order valence-electron chi connectivity index (χ4n) is 6.74. The summed E-state index contributed by atoms with van der Waals surface area (Å²) in [5.41, 5.74) is 5.26. The topological polar surface area (TPSA) is 180 Å². The zero-order valence-corrected chi connectivity index (χ0v) is 32.1. The zero-order chi connectivity index (χ0) is 38.9. The predicted octanol–water partition coefficient (Wildman–Crippen LogP) is 6.80. The second-order valence-electron chi connectivity index (χ2n) is 14.9. The van der Waals surface area contributed by atoms with E-state index in [0.29, 0.717) is 17.3 Å². The molecule has 3 unspecified atom stereocenters. The molecule has 1 fully saturated rings. The third-order valence-corrected chi connectivity index (χ3v) is 9.73. The fourth-order valence-corrected chi connectivity index (χ4v) is 6.74. The number of carbonyl (C=O) groups is 2. The summed E-state index contributed by atoms with van der Waals surface area (Å²) < 4.78 is 0. The number of nitrogens with one attached hydrogen (secondary N) is 8. The maximum Gasteiger partial charge on any atom is 0.326 e. The van der Waals surface area contributed by atoms with Gasteiger partial charge >= 0.3 is 12.1 Å². The van der Waals surface area contributed by atoms with E-state index in [1.54, 1.807) is 6.07 Å². The Kier molecular flexibility index (Phi) is 13.1. The van der Waals surface area contributed by atoms with E-state index < -0.39 is 6.03 Å². The van der Waals surface area contributed by atoms with Crippen LogP contribution in [-0.4, -0.2) is 70.8 Å². The third kappa shape index (κ3) is 11.1. The first-order valence-electron chi connectivity index (χ1n) is 18.9. The van der Waals surface area contributed by atoms with Gasteiger partial charge in [0.25, 0.3) is 0 Å². The molecule has 4 amide bonds. The van der Waals surface area contributed by atoms with Gasteiger partial charge in [-0.25, -0.2) is 14.6 Å². The van der Waals surface area contributed by atoms with E-state index in [2.05, 4.69) is 97.2 Å². The van der Waals surface area contributed by atoms with Gasteiger partial charge in [-0.2, -0.15) is 4.98 Å². The van der Waals surface area contributed by atoms with E-state index in [1.165, 1.54) is 5.56 Å². The monoisotopic (exact) mass is 747 g/mol. The molecule has 1 aliphatic rings. The van der Waals surface area contributed by atoms with Gasteiger partial charge in [0, 0.05) is 30.0 Å². The molecule has 1 saturated heterocycles. The average molecular weight is 748 g/mol. The summed E-state index contributed by atoms with van der Waals surface area (Å²) in [6, 6.07) is 27.2. The first kappa shape index (κ1) is 39.3. The van der Waals surface area contributed by atoms with Crippen LogP contribution in [0.15, 0.2) is 84.9 Å². The number of amides is 4. The minimum atomic E-state index is -0.484. The number of urea groups is 2. The highest BCUT2D eigenvalue weighted by atomic mass is 16.5. The number of aromatic nitrogens is 2. The number of anilines is 4. The van der Waals surface area contributed by atoms with Crippen molar-refractivity contribution < 1.29 is 14.8 Å².